The average molecular weight is 207 g/mol. The van der Waals surface area contributed by atoms with E-state index < -0.39 is 0 Å². The lowest BCUT2D eigenvalue weighted by atomic mass is 10.2. The molecule has 5 heteroatoms. The fourth-order valence-corrected chi connectivity index (χ4v) is 2.72. The number of anilines is 1. The van der Waals surface area contributed by atoms with Crippen LogP contribution in [-0.4, -0.2) is 10.4 Å². The van der Waals surface area contributed by atoms with Crippen LogP contribution < -0.4 is 10.5 Å². The van der Waals surface area contributed by atoms with Crippen molar-refractivity contribution in [1.29, 1.82) is 0 Å². The molecule has 72 valence electrons. The van der Waals surface area contributed by atoms with Crippen molar-refractivity contribution in [2.45, 2.75) is 11.8 Å². The fourth-order valence-electron chi connectivity index (χ4n) is 1.64. The molecule has 0 aliphatic carbocycles. The number of nitrogens with zero attached hydrogens (tertiary/aromatic N) is 2. The molecule has 0 unspecified atom stereocenters. The van der Waals surface area contributed by atoms with Crippen LogP contribution in [-0.2, 0) is 0 Å². The molecule has 2 aliphatic rings. The maximum Gasteiger partial charge on any atom is 0.118 e. The SMILES string of the molecule is Cc1cccc2c1SC1=CN(O)NN12. The Morgan fingerprint density at radius 3 is 3.14 bits per heavy atom. The van der Waals surface area contributed by atoms with Crippen LogP contribution in [0.1, 0.15) is 5.56 Å². The van der Waals surface area contributed by atoms with Crippen LogP contribution in [0.2, 0.25) is 0 Å². The van der Waals surface area contributed by atoms with E-state index in [0.29, 0.717) is 0 Å². The number of hydrogen-bond donors (Lipinski definition) is 2. The Labute approximate surface area is 85.7 Å². The second-order valence-electron chi connectivity index (χ2n) is 3.27. The van der Waals surface area contributed by atoms with E-state index in [1.54, 1.807) is 18.0 Å². The predicted molar refractivity (Wildman–Crippen MR) is 54.4 cm³/mol. The molecule has 14 heavy (non-hydrogen) atoms. The van der Waals surface area contributed by atoms with Gasteiger partial charge in [0.25, 0.3) is 0 Å². The number of hydrazine groups is 2. The van der Waals surface area contributed by atoms with E-state index in [2.05, 4.69) is 18.5 Å². The summed E-state index contributed by atoms with van der Waals surface area (Å²) in [6.07, 6.45) is 1.66. The van der Waals surface area contributed by atoms with Gasteiger partial charge in [-0.05, 0) is 18.6 Å². The minimum atomic E-state index is 0.966. The molecule has 2 heterocycles. The first-order valence-corrected chi connectivity index (χ1v) is 5.11. The minimum absolute atomic E-state index is 0.966. The van der Waals surface area contributed by atoms with E-state index in [1.165, 1.54) is 10.5 Å². The highest BCUT2D eigenvalue weighted by molar-refractivity contribution is 8.03. The summed E-state index contributed by atoms with van der Waals surface area (Å²) in [5.74, 6) is 0. The molecule has 0 fully saturated rings. The number of fused-ring (bicyclic) bond motifs is 3. The molecule has 1 aromatic rings. The second kappa shape index (κ2) is 2.66. The number of benzene rings is 1. The average Bonchev–Trinajstić information content (AvgIpc) is 2.63. The topological polar surface area (TPSA) is 38.7 Å². The number of thioether (sulfide) groups is 1. The minimum Gasteiger partial charge on any atom is -0.272 e. The number of nitrogens with one attached hydrogen (secondary N) is 1. The van der Waals surface area contributed by atoms with E-state index in [1.807, 2.05) is 17.1 Å². The first-order chi connectivity index (χ1) is 6.75. The standard InChI is InChI=1S/C9H9N3OS/c1-6-3-2-4-7-9(6)14-8-5-11(13)10-12(7)8/h2-5,10,13H,1H3. The Morgan fingerprint density at radius 2 is 2.29 bits per heavy atom. The van der Waals surface area contributed by atoms with Gasteiger partial charge in [0.15, 0.2) is 0 Å². The molecule has 0 saturated heterocycles. The third-order valence-electron chi connectivity index (χ3n) is 2.29. The van der Waals surface area contributed by atoms with E-state index in [9.17, 15) is 5.21 Å². The van der Waals surface area contributed by atoms with Crippen molar-refractivity contribution in [3.8, 4) is 0 Å². The van der Waals surface area contributed by atoms with Gasteiger partial charge in [0.05, 0.1) is 11.9 Å². The van der Waals surface area contributed by atoms with Gasteiger partial charge in [0.1, 0.15) is 5.03 Å². The number of rotatable bonds is 0. The van der Waals surface area contributed by atoms with Crippen molar-refractivity contribution >= 4 is 17.4 Å². The molecule has 3 rings (SSSR count). The van der Waals surface area contributed by atoms with Crippen LogP contribution in [0.5, 0.6) is 0 Å². The van der Waals surface area contributed by atoms with Gasteiger partial charge in [-0.25, -0.2) is 5.01 Å². The highest BCUT2D eigenvalue weighted by atomic mass is 32.2. The summed E-state index contributed by atoms with van der Waals surface area (Å²) in [5.41, 5.74) is 5.16. The Kier molecular flexibility index (Phi) is 1.55. The molecule has 0 amide bonds. The quantitative estimate of drug-likeness (QED) is 0.679. The first-order valence-electron chi connectivity index (χ1n) is 4.29. The Balaban J connectivity index is 2.13. The van der Waals surface area contributed by atoms with E-state index in [-0.39, 0.29) is 0 Å². The Morgan fingerprint density at radius 1 is 1.43 bits per heavy atom. The zero-order valence-corrected chi connectivity index (χ0v) is 8.38. The predicted octanol–water partition coefficient (Wildman–Crippen LogP) is 1.83. The Bertz CT molecular complexity index is 432. The van der Waals surface area contributed by atoms with Gasteiger partial charge in [0.2, 0.25) is 0 Å². The molecular formula is C9H9N3OS. The third-order valence-corrected chi connectivity index (χ3v) is 3.53. The van der Waals surface area contributed by atoms with Crippen molar-refractivity contribution in [3.63, 3.8) is 0 Å². The maximum atomic E-state index is 9.22. The van der Waals surface area contributed by atoms with Gasteiger partial charge in [-0.15, -0.1) is 5.53 Å². The molecule has 0 bridgehead atoms. The maximum absolute atomic E-state index is 9.22. The summed E-state index contributed by atoms with van der Waals surface area (Å²) in [6.45, 7) is 2.09. The summed E-state index contributed by atoms with van der Waals surface area (Å²) < 4.78 is 0. The molecule has 0 aromatic heterocycles. The molecule has 0 spiro atoms. The molecule has 0 radical (unpaired) electrons. The van der Waals surface area contributed by atoms with Crippen LogP contribution in [0, 0.1) is 6.92 Å². The van der Waals surface area contributed by atoms with Crippen molar-refractivity contribution in [2.24, 2.45) is 0 Å². The number of hydroxylamine groups is 1. The molecule has 4 nitrogen and oxygen atoms in total. The normalized spacial score (nSPS) is 18.3. The molecule has 2 N–H and O–H groups in total. The van der Waals surface area contributed by atoms with Gasteiger partial charge in [-0.2, -0.15) is 5.17 Å². The smallest absolute Gasteiger partial charge is 0.118 e. The van der Waals surface area contributed by atoms with Crippen LogP contribution in [0.3, 0.4) is 0 Å². The van der Waals surface area contributed by atoms with Crippen LogP contribution >= 0.6 is 11.8 Å². The lowest BCUT2D eigenvalue weighted by Crippen LogP contribution is -2.37. The van der Waals surface area contributed by atoms with Gasteiger partial charge >= 0.3 is 0 Å². The number of hydrogen-bond acceptors (Lipinski definition) is 5. The molecule has 2 aliphatic heterocycles. The van der Waals surface area contributed by atoms with Crippen molar-refractivity contribution in [2.75, 3.05) is 5.01 Å². The first kappa shape index (κ1) is 8.16. The summed E-state index contributed by atoms with van der Waals surface area (Å²) >= 11 is 1.66. The van der Waals surface area contributed by atoms with E-state index in [4.69, 9.17) is 0 Å². The highest BCUT2D eigenvalue weighted by Gasteiger charge is 2.31. The van der Waals surface area contributed by atoms with Crippen molar-refractivity contribution in [1.82, 2.24) is 10.7 Å². The van der Waals surface area contributed by atoms with Crippen LogP contribution in [0.25, 0.3) is 0 Å². The fraction of sp³-hybridized carbons (Fsp3) is 0.111. The van der Waals surface area contributed by atoms with Gasteiger partial charge < -0.3 is 0 Å². The van der Waals surface area contributed by atoms with Gasteiger partial charge in [-0.1, -0.05) is 23.9 Å². The lowest BCUT2D eigenvalue weighted by molar-refractivity contribution is -0.0792. The monoisotopic (exact) mass is 207 g/mol. The van der Waals surface area contributed by atoms with Gasteiger partial charge in [-0.3, -0.25) is 5.21 Å². The van der Waals surface area contributed by atoms with Crippen LogP contribution in [0.4, 0.5) is 5.69 Å². The zero-order valence-electron chi connectivity index (χ0n) is 7.56. The largest absolute Gasteiger partial charge is 0.272 e. The van der Waals surface area contributed by atoms with E-state index in [0.717, 1.165) is 15.9 Å². The van der Waals surface area contributed by atoms with Crippen molar-refractivity contribution < 1.29 is 5.21 Å². The summed E-state index contributed by atoms with van der Waals surface area (Å²) in [4.78, 5) is 1.25. The summed E-state index contributed by atoms with van der Waals surface area (Å²) in [7, 11) is 0. The van der Waals surface area contributed by atoms with Gasteiger partial charge in [0, 0.05) is 4.90 Å². The number of aryl methyl sites for hydroxylation is 1. The van der Waals surface area contributed by atoms with Crippen LogP contribution in [0.15, 0.2) is 34.3 Å². The second-order valence-corrected chi connectivity index (χ2v) is 4.30. The summed E-state index contributed by atoms with van der Waals surface area (Å²) in [6, 6.07) is 6.13. The van der Waals surface area contributed by atoms with Crippen molar-refractivity contribution in [3.05, 3.63) is 35.0 Å². The molecular weight excluding hydrogens is 198 g/mol. The lowest BCUT2D eigenvalue weighted by Gasteiger charge is -2.16. The van der Waals surface area contributed by atoms with E-state index >= 15 is 0 Å². The zero-order chi connectivity index (χ0) is 9.71. The highest BCUT2D eigenvalue weighted by Crippen LogP contribution is 2.47. The Hall–Kier alpha value is -1.17. The molecule has 1 aromatic carbocycles. The molecule has 0 atom stereocenters. The molecule has 0 saturated carbocycles. The third kappa shape index (κ3) is 0.971. The summed E-state index contributed by atoms with van der Waals surface area (Å²) in [5, 5.41) is 13.1.